The molecule has 152 valence electrons. The van der Waals surface area contributed by atoms with Crippen molar-refractivity contribution in [3.05, 3.63) is 0 Å². The Labute approximate surface area is 159 Å². The maximum absolute atomic E-state index is 10.3. The van der Waals surface area contributed by atoms with E-state index in [0.29, 0.717) is 0 Å². The van der Waals surface area contributed by atoms with E-state index < -0.39 is 27.2 Å². The first-order valence-electron chi connectivity index (χ1n) is 9.45. The molecule has 0 radical (unpaired) electrons. The van der Waals surface area contributed by atoms with Crippen LogP contribution in [0.1, 0.15) is 80.6 Å². The van der Waals surface area contributed by atoms with Crippen LogP contribution >= 0.6 is 0 Å². The zero-order valence-corrected chi connectivity index (χ0v) is 19.5. The van der Waals surface area contributed by atoms with Crippen molar-refractivity contribution in [2.75, 3.05) is 6.61 Å². The monoisotopic (exact) mass is 418 g/mol. The Morgan fingerprint density at radius 1 is 0.800 bits per heavy atom. The molecule has 0 bridgehead atoms. The van der Waals surface area contributed by atoms with Gasteiger partial charge in [-0.25, -0.2) is 0 Å². The summed E-state index contributed by atoms with van der Waals surface area (Å²) >= 11 is -4.99. The van der Waals surface area contributed by atoms with Gasteiger partial charge in [-0.3, -0.25) is 0 Å². The molecule has 0 aliphatic rings. The van der Waals surface area contributed by atoms with Crippen molar-refractivity contribution in [3.63, 3.8) is 0 Å². The molecule has 9 heteroatoms. The molecule has 7 nitrogen and oxygen atoms in total. The summed E-state index contributed by atoms with van der Waals surface area (Å²) in [7, 11) is -3.78. The van der Waals surface area contributed by atoms with Crippen molar-refractivity contribution in [1.82, 2.24) is 0 Å². The zero-order chi connectivity index (χ0) is 19.5. The molecule has 0 heterocycles. The molecule has 0 aromatic carbocycles. The Morgan fingerprint density at radius 3 is 1.52 bits per heavy atom. The summed E-state index contributed by atoms with van der Waals surface area (Å²) in [5.74, 6) is 0. The normalized spacial score (nSPS) is 18.6. The van der Waals surface area contributed by atoms with Crippen LogP contribution in [0.15, 0.2) is 0 Å². The molecular formula is C16H38O7SiTi. The Bertz CT molecular complexity index is 315. The van der Waals surface area contributed by atoms with E-state index in [1.165, 1.54) is 0 Å². The number of hydrogen-bond acceptors (Lipinski definition) is 7. The summed E-state index contributed by atoms with van der Waals surface area (Å²) in [6.45, 7) is 13.8. The quantitative estimate of drug-likeness (QED) is 0.311. The molecule has 0 spiro atoms. The molecule has 0 saturated heterocycles. The third kappa shape index (κ3) is 11.2. The van der Waals surface area contributed by atoms with Crippen LogP contribution in [0.3, 0.4) is 0 Å². The average Bonchev–Trinajstić information content (AvgIpc) is 2.53. The molecule has 0 rings (SSSR count). The van der Waals surface area contributed by atoms with Gasteiger partial charge in [0, 0.05) is 0 Å². The van der Waals surface area contributed by atoms with Gasteiger partial charge in [0.25, 0.3) is 0 Å². The van der Waals surface area contributed by atoms with Gasteiger partial charge in [0.2, 0.25) is 0 Å². The van der Waals surface area contributed by atoms with E-state index in [9.17, 15) is 7.38 Å². The van der Waals surface area contributed by atoms with Gasteiger partial charge < -0.3 is 0 Å². The molecule has 0 fully saturated rings. The van der Waals surface area contributed by atoms with Crippen molar-refractivity contribution in [3.8, 4) is 0 Å². The van der Waals surface area contributed by atoms with E-state index in [0.717, 1.165) is 32.1 Å². The topological polar surface area (TPSA) is 86.6 Å². The van der Waals surface area contributed by atoms with Crippen LogP contribution in [0, 0.1) is 0 Å². The molecule has 0 aromatic rings. The van der Waals surface area contributed by atoms with Gasteiger partial charge in [0.05, 0.1) is 0 Å². The SMILES string of the molecule is CCCC[O][Ti]([OH])([OH])[O][Si](OC(C)CC)(OC(C)CC)OC(C)CC. The third-order valence-electron chi connectivity index (χ3n) is 3.81. The second-order valence-electron chi connectivity index (χ2n) is 6.36. The molecule has 0 amide bonds. The second-order valence-corrected chi connectivity index (χ2v) is 11.4. The van der Waals surface area contributed by atoms with Crippen LogP contribution in [0.4, 0.5) is 0 Å². The van der Waals surface area contributed by atoms with Crippen molar-refractivity contribution in [2.45, 2.75) is 98.9 Å². The number of unbranched alkanes of at least 4 members (excludes halogenated alkanes) is 1. The first-order chi connectivity index (χ1) is 11.6. The van der Waals surface area contributed by atoms with Gasteiger partial charge in [-0.15, -0.1) is 0 Å². The standard InChI is InChI=1S/C12H27O4Si.C4H9O.2H2O.Ti/c1-7-10(4)14-17(13,15-11(5)8-2)16-12(6)9-3;1-2-3-4-5;;;/h10-12H,7-9H2,1-6H3;2-4H2,1H3;2*1H2;/q2*-1;;;+4/p-2. The van der Waals surface area contributed by atoms with E-state index in [1.54, 1.807) is 0 Å². The summed E-state index contributed by atoms with van der Waals surface area (Å²) in [6, 6.07) is 0. The molecule has 0 aliphatic carbocycles. The first-order valence-corrected chi connectivity index (χ1v) is 13.8. The molecule has 2 N–H and O–H groups in total. The minimum absolute atomic E-state index is 0.200. The maximum atomic E-state index is 10.3. The van der Waals surface area contributed by atoms with E-state index in [2.05, 4.69) is 0 Å². The van der Waals surface area contributed by atoms with E-state index >= 15 is 0 Å². The van der Waals surface area contributed by atoms with Gasteiger partial charge in [0.15, 0.2) is 0 Å². The van der Waals surface area contributed by atoms with Crippen LogP contribution in [0.2, 0.25) is 0 Å². The second kappa shape index (κ2) is 12.9. The molecular weight excluding hydrogens is 380 g/mol. The van der Waals surface area contributed by atoms with Gasteiger partial charge in [-0.1, -0.05) is 0 Å². The summed E-state index contributed by atoms with van der Waals surface area (Å²) in [4.78, 5) is 0. The van der Waals surface area contributed by atoms with Gasteiger partial charge >= 0.3 is 160 Å². The molecule has 0 aliphatic heterocycles. The Kier molecular flexibility index (Phi) is 13.3. The van der Waals surface area contributed by atoms with Crippen molar-refractivity contribution in [2.24, 2.45) is 0 Å². The van der Waals surface area contributed by atoms with E-state index in [-0.39, 0.29) is 24.9 Å². The van der Waals surface area contributed by atoms with Crippen LogP contribution in [0.5, 0.6) is 0 Å². The predicted molar refractivity (Wildman–Crippen MR) is 94.7 cm³/mol. The fourth-order valence-corrected chi connectivity index (χ4v) is 7.48. The summed E-state index contributed by atoms with van der Waals surface area (Å²) in [5.41, 5.74) is 0. The van der Waals surface area contributed by atoms with Crippen LogP contribution in [0.25, 0.3) is 0 Å². The third-order valence-corrected chi connectivity index (χ3v) is 9.72. The summed E-state index contributed by atoms with van der Waals surface area (Å²) in [6.07, 6.45) is 3.17. The molecule has 25 heavy (non-hydrogen) atoms. The fourth-order valence-electron chi connectivity index (χ4n) is 1.69. The van der Waals surface area contributed by atoms with Crippen molar-refractivity contribution < 1.29 is 45.1 Å². The van der Waals surface area contributed by atoms with Crippen LogP contribution in [-0.2, 0) is 37.7 Å². The van der Waals surface area contributed by atoms with E-state index in [1.807, 2.05) is 48.5 Å². The zero-order valence-electron chi connectivity index (χ0n) is 16.9. The molecule has 0 aromatic heterocycles. The Morgan fingerprint density at radius 2 is 1.20 bits per heavy atom. The Hall–Kier alpha value is 0.651. The van der Waals surface area contributed by atoms with Crippen LogP contribution < -0.4 is 0 Å². The van der Waals surface area contributed by atoms with Crippen molar-refractivity contribution >= 4 is 9.05 Å². The minimum atomic E-state index is -4.99. The van der Waals surface area contributed by atoms with Gasteiger partial charge in [-0.05, 0) is 0 Å². The number of hydrogen-bond donors (Lipinski definition) is 2. The Balaban J connectivity index is 5.45. The number of rotatable bonds is 15. The van der Waals surface area contributed by atoms with E-state index in [4.69, 9.17) is 19.6 Å². The molecule has 0 saturated carbocycles. The average molecular weight is 418 g/mol. The van der Waals surface area contributed by atoms with Crippen LogP contribution in [-0.4, -0.2) is 41.3 Å². The summed E-state index contributed by atoms with van der Waals surface area (Å²) < 4.78 is 49.5. The molecule has 3 atom stereocenters. The fraction of sp³-hybridized carbons (Fsp3) is 1.00. The molecule has 3 unspecified atom stereocenters. The van der Waals surface area contributed by atoms with Gasteiger partial charge in [0.1, 0.15) is 0 Å². The summed E-state index contributed by atoms with van der Waals surface area (Å²) in [5, 5.41) is 0. The predicted octanol–water partition coefficient (Wildman–Crippen LogP) is 3.50. The van der Waals surface area contributed by atoms with Crippen molar-refractivity contribution in [1.29, 1.82) is 0 Å². The first kappa shape index (κ1) is 25.7. The van der Waals surface area contributed by atoms with Gasteiger partial charge in [-0.2, -0.15) is 0 Å².